The molecule has 0 spiro atoms. The van der Waals surface area contributed by atoms with Crippen LogP contribution in [0.1, 0.15) is 24.2 Å². The molecule has 0 aliphatic rings. The third kappa shape index (κ3) is 5.14. The standard InChI is InChI=1S/C18H18ClNO4S/c1-3-25(23)16-7-5-4-6-15(16)18(22)24-12(2)17(21)20-14-10-8-13(19)9-11-14/h4-12H,3H2,1-2H3,(H,20,21)/t12-,25-/m1/s1. The zero-order valence-electron chi connectivity index (χ0n) is 13.8. The summed E-state index contributed by atoms with van der Waals surface area (Å²) in [6.07, 6.45) is -1.01. The highest BCUT2D eigenvalue weighted by atomic mass is 35.5. The number of anilines is 1. The number of hydrogen-bond donors (Lipinski definition) is 1. The Bertz CT molecular complexity index is 792. The Labute approximate surface area is 153 Å². The van der Waals surface area contributed by atoms with Gasteiger partial charge < -0.3 is 10.1 Å². The Hall–Kier alpha value is -2.18. The molecule has 0 aliphatic carbocycles. The predicted molar refractivity (Wildman–Crippen MR) is 98.4 cm³/mol. The molecule has 2 aromatic rings. The topological polar surface area (TPSA) is 72.5 Å². The van der Waals surface area contributed by atoms with Crippen LogP contribution in [0.3, 0.4) is 0 Å². The van der Waals surface area contributed by atoms with E-state index in [9.17, 15) is 13.8 Å². The van der Waals surface area contributed by atoms with Crippen molar-refractivity contribution >= 4 is 40.0 Å². The van der Waals surface area contributed by atoms with Crippen molar-refractivity contribution in [1.29, 1.82) is 0 Å². The van der Waals surface area contributed by atoms with Crippen molar-refractivity contribution in [2.75, 3.05) is 11.1 Å². The van der Waals surface area contributed by atoms with Gasteiger partial charge in [-0.3, -0.25) is 9.00 Å². The van der Waals surface area contributed by atoms with E-state index < -0.39 is 28.8 Å². The molecule has 132 valence electrons. The molecule has 0 fully saturated rings. The Balaban J connectivity index is 2.06. The summed E-state index contributed by atoms with van der Waals surface area (Å²) in [6.45, 7) is 3.24. The van der Waals surface area contributed by atoms with Gasteiger partial charge in [0.2, 0.25) is 0 Å². The molecule has 0 aliphatic heterocycles. The molecular weight excluding hydrogens is 362 g/mol. The molecule has 25 heavy (non-hydrogen) atoms. The summed E-state index contributed by atoms with van der Waals surface area (Å²) in [5.41, 5.74) is 0.749. The molecule has 0 saturated heterocycles. The quantitative estimate of drug-likeness (QED) is 0.777. The first-order valence-corrected chi connectivity index (χ1v) is 9.37. The summed E-state index contributed by atoms with van der Waals surface area (Å²) in [7, 11) is -1.30. The van der Waals surface area contributed by atoms with Crippen molar-refractivity contribution < 1.29 is 18.5 Å². The van der Waals surface area contributed by atoms with Crippen molar-refractivity contribution in [1.82, 2.24) is 0 Å². The van der Waals surface area contributed by atoms with Crippen LogP contribution >= 0.6 is 11.6 Å². The summed E-state index contributed by atoms with van der Waals surface area (Å²) in [4.78, 5) is 24.9. The van der Waals surface area contributed by atoms with Gasteiger partial charge in [-0.2, -0.15) is 0 Å². The Morgan fingerprint density at radius 3 is 2.44 bits per heavy atom. The lowest BCUT2D eigenvalue weighted by Gasteiger charge is -2.15. The highest BCUT2D eigenvalue weighted by Gasteiger charge is 2.22. The minimum Gasteiger partial charge on any atom is -0.449 e. The van der Waals surface area contributed by atoms with Gasteiger partial charge in [0.15, 0.2) is 6.10 Å². The van der Waals surface area contributed by atoms with Crippen molar-refractivity contribution in [2.45, 2.75) is 24.8 Å². The maximum absolute atomic E-state index is 12.3. The average molecular weight is 380 g/mol. The summed E-state index contributed by atoms with van der Waals surface area (Å²) >= 11 is 5.79. The molecule has 0 bridgehead atoms. The number of carbonyl (C=O) groups is 2. The van der Waals surface area contributed by atoms with Gasteiger partial charge in [0.25, 0.3) is 5.91 Å². The molecule has 1 amide bonds. The number of amides is 1. The molecule has 0 aromatic heterocycles. The first-order valence-electron chi connectivity index (χ1n) is 7.67. The van der Waals surface area contributed by atoms with Gasteiger partial charge in [-0.05, 0) is 43.3 Å². The van der Waals surface area contributed by atoms with Crippen LogP contribution in [-0.2, 0) is 20.3 Å². The van der Waals surface area contributed by atoms with Gasteiger partial charge in [0.05, 0.1) is 21.3 Å². The van der Waals surface area contributed by atoms with Crippen LogP contribution < -0.4 is 5.32 Å². The van der Waals surface area contributed by atoms with E-state index >= 15 is 0 Å². The number of benzene rings is 2. The van der Waals surface area contributed by atoms with Crippen LogP contribution in [0.5, 0.6) is 0 Å². The second-order valence-corrected chi connectivity index (χ2v) is 7.32. The highest BCUT2D eigenvalue weighted by Crippen LogP contribution is 2.17. The van der Waals surface area contributed by atoms with Gasteiger partial charge in [-0.25, -0.2) is 4.79 Å². The first kappa shape index (κ1) is 19.1. The number of ether oxygens (including phenoxy) is 1. The van der Waals surface area contributed by atoms with E-state index in [1.54, 1.807) is 49.4 Å². The Kier molecular flexibility index (Phi) is 6.73. The van der Waals surface area contributed by atoms with Gasteiger partial charge >= 0.3 is 5.97 Å². The van der Waals surface area contributed by atoms with Crippen LogP contribution in [0, 0.1) is 0 Å². The van der Waals surface area contributed by atoms with Crippen molar-refractivity contribution in [3.63, 3.8) is 0 Å². The normalized spacial score (nSPS) is 12.9. The molecule has 2 rings (SSSR count). The van der Waals surface area contributed by atoms with E-state index in [1.807, 2.05) is 0 Å². The van der Waals surface area contributed by atoms with Gasteiger partial charge in [-0.1, -0.05) is 30.7 Å². The average Bonchev–Trinajstić information content (AvgIpc) is 2.62. The maximum atomic E-state index is 12.3. The molecule has 1 N–H and O–H groups in total. The second-order valence-electron chi connectivity index (χ2n) is 5.17. The van der Waals surface area contributed by atoms with Crippen molar-refractivity contribution in [3.05, 3.63) is 59.1 Å². The van der Waals surface area contributed by atoms with E-state index in [0.29, 0.717) is 21.4 Å². The summed E-state index contributed by atoms with van der Waals surface area (Å²) in [6, 6.07) is 13.1. The summed E-state index contributed by atoms with van der Waals surface area (Å²) in [5.74, 6) is -0.766. The molecule has 7 heteroatoms. The fraction of sp³-hybridized carbons (Fsp3) is 0.222. The molecule has 0 unspecified atom stereocenters. The molecule has 5 nitrogen and oxygen atoms in total. The Morgan fingerprint density at radius 2 is 1.80 bits per heavy atom. The van der Waals surface area contributed by atoms with Crippen LogP contribution in [-0.4, -0.2) is 27.9 Å². The maximum Gasteiger partial charge on any atom is 0.340 e. The fourth-order valence-electron chi connectivity index (χ4n) is 2.04. The zero-order valence-corrected chi connectivity index (χ0v) is 15.4. The summed E-state index contributed by atoms with van der Waals surface area (Å²) in [5, 5.41) is 3.19. The Morgan fingerprint density at radius 1 is 1.16 bits per heavy atom. The third-order valence-electron chi connectivity index (χ3n) is 3.38. The van der Waals surface area contributed by atoms with Gasteiger partial charge in [0, 0.05) is 16.5 Å². The molecule has 2 aromatic carbocycles. The number of rotatable bonds is 6. The highest BCUT2D eigenvalue weighted by molar-refractivity contribution is 7.85. The lowest BCUT2D eigenvalue weighted by atomic mass is 10.2. The zero-order chi connectivity index (χ0) is 18.4. The minimum absolute atomic E-state index is 0.203. The lowest BCUT2D eigenvalue weighted by Crippen LogP contribution is -2.30. The van der Waals surface area contributed by atoms with Crippen LogP contribution in [0.25, 0.3) is 0 Å². The number of nitrogens with one attached hydrogen (secondary N) is 1. The largest absolute Gasteiger partial charge is 0.449 e. The van der Waals surface area contributed by atoms with E-state index in [4.69, 9.17) is 16.3 Å². The number of hydrogen-bond acceptors (Lipinski definition) is 4. The first-order chi connectivity index (χ1) is 11.9. The number of halogens is 1. The molecule has 2 atom stereocenters. The minimum atomic E-state index is -1.30. The molecular formula is C18H18ClNO4S. The van der Waals surface area contributed by atoms with E-state index in [2.05, 4.69) is 5.32 Å². The van der Waals surface area contributed by atoms with Crippen molar-refractivity contribution in [3.8, 4) is 0 Å². The number of esters is 1. The van der Waals surface area contributed by atoms with E-state index in [0.717, 1.165) is 0 Å². The smallest absolute Gasteiger partial charge is 0.340 e. The monoisotopic (exact) mass is 379 g/mol. The fourth-order valence-corrected chi connectivity index (χ4v) is 3.11. The van der Waals surface area contributed by atoms with Gasteiger partial charge in [-0.15, -0.1) is 0 Å². The predicted octanol–water partition coefficient (Wildman–Crippen LogP) is 3.65. The second kappa shape index (κ2) is 8.78. The van der Waals surface area contributed by atoms with Gasteiger partial charge in [0.1, 0.15) is 0 Å². The SMILES string of the molecule is CC[S@@](=O)c1ccccc1C(=O)O[C@H](C)C(=O)Nc1ccc(Cl)cc1. The lowest BCUT2D eigenvalue weighted by molar-refractivity contribution is -0.123. The molecule has 0 radical (unpaired) electrons. The number of carbonyl (C=O) groups excluding carboxylic acids is 2. The summed E-state index contributed by atoms with van der Waals surface area (Å²) < 4.78 is 17.3. The third-order valence-corrected chi connectivity index (χ3v) is 5.00. The van der Waals surface area contributed by atoms with Crippen LogP contribution in [0.15, 0.2) is 53.4 Å². The molecule has 0 heterocycles. The molecule has 0 saturated carbocycles. The van der Waals surface area contributed by atoms with E-state index in [1.165, 1.54) is 13.0 Å². The van der Waals surface area contributed by atoms with E-state index in [-0.39, 0.29) is 5.56 Å². The van der Waals surface area contributed by atoms with Crippen molar-refractivity contribution in [2.24, 2.45) is 0 Å². The van der Waals surface area contributed by atoms with Crippen LogP contribution in [0.4, 0.5) is 5.69 Å². The van der Waals surface area contributed by atoms with Crippen LogP contribution in [0.2, 0.25) is 5.02 Å².